The van der Waals surface area contributed by atoms with Crippen LogP contribution in [0.4, 0.5) is 0 Å². The number of aromatic nitrogens is 3. The zero-order valence-electron chi connectivity index (χ0n) is 16.2. The summed E-state index contributed by atoms with van der Waals surface area (Å²) in [5.41, 5.74) is 2.60. The highest BCUT2D eigenvalue weighted by molar-refractivity contribution is 5.97. The van der Waals surface area contributed by atoms with Crippen LogP contribution in [0.1, 0.15) is 28.5 Å². The molecule has 1 aromatic carbocycles. The number of nitrogens with zero attached hydrogens (tertiary/aromatic N) is 3. The SMILES string of the molecule is CCOc1ccccc1C(=O)N1CCc2nc(-c3ccncc3)[nH]c(=O)c2CC1. The number of hydrogen-bond acceptors (Lipinski definition) is 5. The van der Waals surface area contributed by atoms with Crippen LogP contribution in [0.5, 0.6) is 5.75 Å². The van der Waals surface area contributed by atoms with Gasteiger partial charge in [0.05, 0.1) is 17.9 Å². The highest BCUT2D eigenvalue weighted by Gasteiger charge is 2.24. The summed E-state index contributed by atoms with van der Waals surface area (Å²) in [7, 11) is 0. The Balaban J connectivity index is 1.59. The Morgan fingerprint density at radius 3 is 2.69 bits per heavy atom. The number of carbonyl (C=O) groups is 1. The van der Waals surface area contributed by atoms with Crippen LogP contribution in [0.3, 0.4) is 0 Å². The highest BCUT2D eigenvalue weighted by atomic mass is 16.5. The quantitative estimate of drug-likeness (QED) is 0.739. The third-order valence-corrected chi connectivity index (χ3v) is 5.01. The number of nitrogens with one attached hydrogen (secondary N) is 1. The van der Waals surface area contributed by atoms with Gasteiger partial charge in [-0.15, -0.1) is 0 Å². The molecule has 4 rings (SSSR count). The van der Waals surface area contributed by atoms with Gasteiger partial charge in [0, 0.05) is 43.0 Å². The lowest BCUT2D eigenvalue weighted by atomic mass is 10.1. The van der Waals surface area contributed by atoms with E-state index in [2.05, 4.69) is 15.0 Å². The second-order valence-electron chi connectivity index (χ2n) is 6.80. The van der Waals surface area contributed by atoms with Crippen molar-refractivity contribution in [2.75, 3.05) is 19.7 Å². The minimum absolute atomic E-state index is 0.0901. The second-order valence-corrected chi connectivity index (χ2v) is 6.80. The predicted molar refractivity (Wildman–Crippen MR) is 109 cm³/mol. The van der Waals surface area contributed by atoms with E-state index in [0.29, 0.717) is 55.2 Å². The summed E-state index contributed by atoms with van der Waals surface area (Å²) in [6, 6.07) is 10.9. The molecule has 148 valence electrons. The van der Waals surface area contributed by atoms with Crippen LogP contribution in [0.15, 0.2) is 53.6 Å². The maximum Gasteiger partial charge on any atom is 0.257 e. The number of fused-ring (bicyclic) bond motifs is 1. The van der Waals surface area contributed by atoms with Crippen molar-refractivity contribution >= 4 is 5.91 Å². The van der Waals surface area contributed by atoms with Crippen molar-refractivity contribution in [2.24, 2.45) is 0 Å². The minimum Gasteiger partial charge on any atom is -0.493 e. The first-order valence-electron chi connectivity index (χ1n) is 9.71. The molecule has 3 aromatic rings. The van der Waals surface area contributed by atoms with E-state index >= 15 is 0 Å². The summed E-state index contributed by atoms with van der Waals surface area (Å²) >= 11 is 0. The first-order valence-corrected chi connectivity index (χ1v) is 9.71. The van der Waals surface area contributed by atoms with Crippen LogP contribution in [-0.4, -0.2) is 45.5 Å². The molecule has 0 radical (unpaired) electrons. The van der Waals surface area contributed by atoms with E-state index in [0.717, 1.165) is 11.3 Å². The van der Waals surface area contributed by atoms with E-state index in [-0.39, 0.29) is 11.5 Å². The van der Waals surface area contributed by atoms with Crippen LogP contribution in [0, 0.1) is 0 Å². The summed E-state index contributed by atoms with van der Waals surface area (Å²) < 4.78 is 5.61. The first kappa shape index (κ1) is 18.9. The normalized spacial score (nSPS) is 13.5. The highest BCUT2D eigenvalue weighted by Crippen LogP contribution is 2.22. The van der Waals surface area contributed by atoms with E-state index in [9.17, 15) is 9.59 Å². The van der Waals surface area contributed by atoms with Crippen molar-refractivity contribution in [1.29, 1.82) is 0 Å². The molecule has 29 heavy (non-hydrogen) atoms. The molecule has 7 heteroatoms. The molecular formula is C22H22N4O3. The molecule has 0 atom stereocenters. The van der Waals surface area contributed by atoms with Crippen LogP contribution < -0.4 is 10.3 Å². The van der Waals surface area contributed by atoms with Gasteiger partial charge in [-0.3, -0.25) is 14.6 Å². The number of amides is 1. The minimum atomic E-state index is -0.147. The molecule has 1 amide bonds. The summed E-state index contributed by atoms with van der Waals surface area (Å²) in [6.45, 7) is 3.35. The van der Waals surface area contributed by atoms with Gasteiger partial charge >= 0.3 is 0 Å². The fraction of sp³-hybridized carbons (Fsp3) is 0.273. The topological polar surface area (TPSA) is 88.2 Å². The number of benzene rings is 1. The predicted octanol–water partition coefficient (Wildman–Crippen LogP) is 2.47. The summed E-state index contributed by atoms with van der Waals surface area (Å²) in [5.74, 6) is 1.02. The maximum atomic E-state index is 13.1. The number of carbonyl (C=O) groups excluding carboxylic acids is 1. The largest absolute Gasteiger partial charge is 0.493 e. The van der Waals surface area contributed by atoms with E-state index in [1.807, 2.05) is 31.2 Å². The molecule has 0 aliphatic carbocycles. The Morgan fingerprint density at radius 2 is 1.90 bits per heavy atom. The molecular weight excluding hydrogens is 368 g/mol. The molecule has 0 bridgehead atoms. The fourth-order valence-electron chi connectivity index (χ4n) is 3.55. The van der Waals surface area contributed by atoms with Gasteiger partial charge in [0.25, 0.3) is 11.5 Å². The van der Waals surface area contributed by atoms with Crippen LogP contribution >= 0.6 is 0 Å². The molecule has 0 spiro atoms. The molecule has 0 fully saturated rings. The lowest BCUT2D eigenvalue weighted by molar-refractivity contribution is 0.0758. The maximum absolute atomic E-state index is 13.1. The average molecular weight is 390 g/mol. The van der Waals surface area contributed by atoms with Crippen LogP contribution in [-0.2, 0) is 12.8 Å². The Morgan fingerprint density at radius 1 is 1.14 bits per heavy atom. The zero-order chi connectivity index (χ0) is 20.2. The second kappa shape index (κ2) is 8.26. The monoisotopic (exact) mass is 390 g/mol. The van der Waals surface area contributed by atoms with Crippen molar-refractivity contribution < 1.29 is 9.53 Å². The molecule has 0 saturated heterocycles. The van der Waals surface area contributed by atoms with Gasteiger partial charge < -0.3 is 14.6 Å². The number of aromatic amines is 1. The van der Waals surface area contributed by atoms with E-state index in [4.69, 9.17) is 4.74 Å². The van der Waals surface area contributed by atoms with Crippen LogP contribution in [0.2, 0.25) is 0 Å². The van der Waals surface area contributed by atoms with E-state index < -0.39 is 0 Å². The van der Waals surface area contributed by atoms with Crippen molar-refractivity contribution in [2.45, 2.75) is 19.8 Å². The number of ether oxygens (including phenoxy) is 1. The Labute approximate surface area is 168 Å². The molecule has 0 unspecified atom stereocenters. The van der Waals surface area contributed by atoms with Gasteiger partial charge in [-0.1, -0.05) is 12.1 Å². The van der Waals surface area contributed by atoms with E-state index in [1.54, 1.807) is 29.4 Å². The molecule has 1 aliphatic heterocycles. The smallest absolute Gasteiger partial charge is 0.257 e. The molecule has 1 aliphatic rings. The number of para-hydroxylation sites is 1. The summed E-state index contributed by atoms with van der Waals surface area (Å²) in [5, 5.41) is 0. The Bertz CT molecular complexity index is 1080. The van der Waals surface area contributed by atoms with Gasteiger partial charge in [-0.05, 0) is 37.6 Å². The van der Waals surface area contributed by atoms with Gasteiger partial charge in [-0.25, -0.2) is 4.98 Å². The number of hydrogen-bond donors (Lipinski definition) is 1. The summed E-state index contributed by atoms with van der Waals surface area (Å²) in [4.78, 5) is 39.1. The lowest BCUT2D eigenvalue weighted by Gasteiger charge is -2.21. The van der Waals surface area contributed by atoms with Gasteiger partial charge in [-0.2, -0.15) is 0 Å². The lowest BCUT2D eigenvalue weighted by Crippen LogP contribution is -2.33. The molecule has 0 saturated carbocycles. The molecule has 1 N–H and O–H groups in total. The number of pyridine rings is 1. The molecule has 2 aromatic heterocycles. The third kappa shape index (κ3) is 3.89. The van der Waals surface area contributed by atoms with Crippen molar-refractivity contribution in [3.05, 3.63) is 76.0 Å². The van der Waals surface area contributed by atoms with Crippen molar-refractivity contribution in [3.63, 3.8) is 0 Å². The molecule has 7 nitrogen and oxygen atoms in total. The summed E-state index contributed by atoms with van der Waals surface area (Å²) in [6.07, 6.45) is 4.32. The number of H-pyrrole nitrogens is 1. The third-order valence-electron chi connectivity index (χ3n) is 5.01. The standard InChI is InChI=1S/C22H22N4O3/c1-2-29-19-6-4-3-5-17(19)22(28)26-13-9-16-18(10-14-26)24-20(25-21(16)27)15-7-11-23-12-8-15/h3-8,11-12H,2,9-10,13-14H2,1H3,(H,24,25,27). The van der Waals surface area contributed by atoms with Crippen LogP contribution in [0.25, 0.3) is 11.4 Å². The first-order chi connectivity index (χ1) is 14.2. The fourth-order valence-corrected chi connectivity index (χ4v) is 3.55. The van der Waals surface area contributed by atoms with Gasteiger partial charge in [0.15, 0.2) is 0 Å². The average Bonchev–Trinajstić information content (AvgIpc) is 2.98. The molecule has 3 heterocycles. The van der Waals surface area contributed by atoms with E-state index in [1.165, 1.54) is 0 Å². The van der Waals surface area contributed by atoms with Crippen molar-refractivity contribution in [3.8, 4) is 17.1 Å². The van der Waals surface area contributed by atoms with Crippen molar-refractivity contribution in [1.82, 2.24) is 19.9 Å². The Kier molecular flexibility index (Phi) is 5.37. The van der Waals surface area contributed by atoms with Gasteiger partial charge in [0.1, 0.15) is 11.6 Å². The van der Waals surface area contributed by atoms with Gasteiger partial charge in [0.2, 0.25) is 0 Å². The zero-order valence-corrected chi connectivity index (χ0v) is 16.2. The number of rotatable bonds is 4. The Hall–Kier alpha value is -3.48.